The zero-order valence-corrected chi connectivity index (χ0v) is 20.9. The monoisotopic (exact) mass is 518 g/mol. The number of rotatable bonds is 11. The highest BCUT2D eigenvalue weighted by atomic mass is 16.5. The van der Waals surface area contributed by atoms with Crippen molar-refractivity contribution in [3.05, 3.63) is 95.6 Å². The summed E-state index contributed by atoms with van der Waals surface area (Å²) in [7, 11) is 0. The van der Waals surface area contributed by atoms with Gasteiger partial charge in [0.1, 0.15) is 18.7 Å². The van der Waals surface area contributed by atoms with E-state index in [1.165, 1.54) is 0 Å². The fourth-order valence-corrected chi connectivity index (χ4v) is 4.51. The van der Waals surface area contributed by atoms with E-state index in [1.807, 2.05) is 78.9 Å². The van der Waals surface area contributed by atoms with Crippen LogP contribution in [0.5, 0.6) is 0 Å². The van der Waals surface area contributed by atoms with Crippen LogP contribution in [0.1, 0.15) is 29.5 Å². The Morgan fingerprint density at radius 1 is 0.868 bits per heavy atom. The third kappa shape index (κ3) is 6.19. The third-order valence-electron chi connectivity index (χ3n) is 6.52. The Morgan fingerprint density at radius 3 is 2.03 bits per heavy atom. The average molecular weight is 519 g/mol. The summed E-state index contributed by atoms with van der Waals surface area (Å²) in [4.78, 5) is 37.2. The number of hydrogen-bond acceptors (Lipinski definition) is 6. The molecule has 198 valence electrons. The highest BCUT2D eigenvalue weighted by molar-refractivity contribution is 5.89. The first-order valence-electron chi connectivity index (χ1n) is 12.3. The number of aliphatic hydroxyl groups is 1. The van der Waals surface area contributed by atoms with Gasteiger partial charge in [0.25, 0.3) is 0 Å². The zero-order chi connectivity index (χ0) is 27.1. The smallest absolute Gasteiger partial charge is 0.407 e. The van der Waals surface area contributed by atoms with Crippen molar-refractivity contribution in [2.75, 3.05) is 13.2 Å². The lowest BCUT2D eigenvalue weighted by molar-refractivity contribution is -0.144. The SMILES string of the molecule is C[C@H](OCc1ccccc1)[C@@H](NC(=O)OCC1c2ccccc2-c2ccccc21)C(=O)NC(CO)C(=O)O. The lowest BCUT2D eigenvalue weighted by Gasteiger charge is -2.26. The van der Waals surface area contributed by atoms with Crippen LogP contribution in [-0.4, -0.2) is 59.6 Å². The lowest BCUT2D eigenvalue weighted by atomic mass is 9.98. The topological polar surface area (TPSA) is 134 Å². The number of carboxylic acid groups (broad SMARTS) is 1. The second-order valence-electron chi connectivity index (χ2n) is 9.03. The van der Waals surface area contributed by atoms with Crippen LogP contribution in [0.15, 0.2) is 78.9 Å². The zero-order valence-electron chi connectivity index (χ0n) is 20.9. The molecule has 3 atom stereocenters. The van der Waals surface area contributed by atoms with Crippen LogP contribution in [0, 0.1) is 0 Å². The summed E-state index contributed by atoms with van der Waals surface area (Å²) in [5.74, 6) is -2.39. The molecule has 1 aliphatic carbocycles. The van der Waals surface area contributed by atoms with Crippen LogP contribution in [0.25, 0.3) is 11.1 Å². The van der Waals surface area contributed by atoms with Gasteiger partial charge in [-0.05, 0) is 34.7 Å². The second-order valence-corrected chi connectivity index (χ2v) is 9.03. The minimum atomic E-state index is -1.53. The third-order valence-corrected chi connectivity index (χ3v) is 6.52. The quantitative estimate of drug-likeness (QED) is 0.307. The number of ether oxygens (including phenoxy) is 2. The Kier molecular flexibility index (Phi) is 8.73. The molecule has 0 fully saturated rings. The molecule has 3 aromatic carbocycles. The van der Waals surface area contributed by atoms with Crippen molar-refractivity contribution in [2.45, 2.75) is 37.6 Å². The van der Waals surface area contributed by atoms with Gasteiger partial charge in [0.05, 0.1) is 19.3 Å². The Morgan fingerprint density at radius 2 is 1.45 bits per heavy atom. The molecular weight excluding hydrogens is 488 g/mol. The van der Waals surface area contributed by atoms with E-state index in [9.17, 15) is 24.6 Å². The predicted octanol–water partition coefficient (Wildman–Crippen LogP) is 3.06. The maximum atomic E-state index is 13.0. The summed E-state index contributed by atoms with van der Waals surface area (Å²) in [5.41, 5.74) is 5.12. The van der Waals surface area contributed by atoms with E-state index in [0.717, 1.165) is 27.8 Å². The molecule has 0 saturated carbocycles. The van der Waals surface area contributed by atoms with Gasteiger partial charge in [-0.15, -0.1) is 0 Å². The molecule has 0 radical (unpaired) electrons. The first-order valence-corrected chi connectivity index (χ1v) is 12.3. The molecule has 0 bridgehead atoms. The van der Waals surface area contributed by atoms with Crippen LogP contribution in [0.3, 0.4) is 0 Å². The van der Waals surface area contributed by atoms with Crippen LogP contribution < -0.4 is 10.6 Å². The number of alkyl carbamates (subject to hydrolysis) is 1. The van der Waals surface area contributed by atoms with Crippen molar-refractivity contribution < 1.29 is 34.1 Å². The van der Waals surface area contributed by atoms with Crippen molar-refractivity contribution in [1.29, 1.82) is 0 Å². The number of aliphatic hydroxyl groups excluding tert-OH is 1. The van der Waals surface area contributed by atoms with E-state index in [1.54, 1.807) is 6.92 Å². The number of amides is 2. The van der Waals surface area contributed by atoms with E-state index >= 15 is 0 Å². The fourth-order valence-electron chi connectivity index (χ4n) is 4.51. The summed E-state index contributed by atoms with van der Waals surface area (Å²) in [6, 6.07) is 22.3. The van der Waals surface area contributed by atoms with Gasteiger partial charge >= 0.3 is 12.1 Å². The number of fused-ring (bicyclic) bond motifs is 3. The molecule has 0 aliphatic heterocycles. The van der Waals surface area contributed by atoms with Gasteiger partial charge < -0.3 is 30.3 Å². The molecule has 1 aliphatic rings. The van der Waals surface area contributed by atoms with Gasteiger partial charge in [-0.25, -0.2) is 9.59 Å². The number of carboxylic acids is 1. The molecule has 9 nitrogen and oxygen atoms in total. The molecule has 4 N–H and O–H groups in total. The maximum Gasteiger partial charge on any atom is 0.407 e. The molecule has 3 aromatic rings. The number of hydrogen-bond donors (Lipinski definition) is 4. The second kappa shape index (κ2) is 12.4. The van der Waals surface area contributed by atoms with E-state index in [2.05, 4.69) is 10.6 Å². The number of nitrogens with one attached hydrogen (secondary N) is 2. The summed E-state index contributed by atoms with van der Waals surface area (Å²) in [6.07, 6.45) is -1.69. The maximum absolute atomic E-state index is 13.0. The number of aliphatic carboxylic acids is 1. The van der Waals surface area contributed by atoms with Gasteiger partial charge in [-0.3, -0.25) is 4.79 Å². The van der Waals surface area contributed by atoms with E-state index in [4.69, 9.17) is 9.47 Å². The van der Waals surface area contributed by atoms with Gasteiger partial charge in [0.2, 0.25) is 5.91 Å². The molecule has 9 heteroatoms. The van der Waals surface area contributed by atoms with E-state index < -0.39 is 42.8 Å². The molecule has 0 aromatic heterocycles. The summed E-state index contributed by atoms with van der Waals surface area (Å²) >= 11 is 0. The average Bonchev–Trinajstić information content (AvgIpc) is 3.26. The van der Waals surface area contributed by atoms with Crippen molar-refractivity contribution in [3.8, 4) is 11.1 Å². The number of carbonyl (C=O) groups excluding carboxylic acids is 2. The first kappa shape index (κ1) is 26.8. The van der Waals surface area contributed by atoms with Gasteiger partial charge in [-0.1, -0.05) is 78.9 Å². The van der Waals surface area contributed by atoms with E-state index in [-0.39, 0.29) is 19.1 Å². The van der Waals surface area contributed by atoms with Gasteiger partial charge in [-0.2, -0.15) is 0 Å². The van der Waals surface area contributed by atoms with Crippen molar-refractivity contribution in [3.63, 3.8) is 0 Å². The highest BCUT2D eigenvalue weighted by Gasteiger charge is 2.33. The van der Waals surface area contributed by atoms with E-state index in [0.29, 0.717) is 0 Å². The Balaban J connectivity index is 1.45. The van der Waals surface area contributed by atoms with Crippen molar-refractivity contribution in [2.24, 2.45) is 0 Å². The van der Waals surface area contributed by atoms with Crippen molar-refractivity contribution in [1.82, 2.24) is 10.6 Å². The molecule has 0 saturated heterocycles. The lowest BCUT2D eigenvalue weighted by Crippen LogP contribution is -2.57. The van der Waals surface area contributed by atoms with Crippen LogP contribution >= 0.6 is 0 Å². The largest absolute Gasteiger partial charge is 0.480 e. The number of carbonyl (C=O) groups is 3. The van der Waals surface area contributed by atoms with Gasteiger partial charge in [0.15, 0.2) is 0 Å². The molecule has 2 amide bonds. The summed E-state index contributed by atoms with van der Waals surface area (Å²) in [5, 5.41) is 23.3. The van der Waals surface area contributed by atoms with Crippen LogP contribution in [-0.2, 0) is 25.7 Å². The normalized spacial score (nSPS) is 14.5. The number of benzene rings is 3. The van der Waals surface area contributed by atoms with Crippen LogP contribution in [0.2, 0.25) is 0 Å². The van der Waals surface area contributed by atoms with Gasteiger partial charge in [0, 0.05) is 5.92 Å². The Hall–Kier alpha value is -4.21. The highest BCUT2D eigenvalue weighted by Crippen LogP contribution is 2.44. The molecular formula is C29H30N2O7. The van der Waals surface area contributed by atoms with Crippen LogP contribution in [0.4, 0.5) is 4.79 Å². The Labute approximate surface area is 220 Å². The first-order chi connectivity index (χ1) is 18.4. The molecule has 0 spiro atoms. The molecule has 4 rings (SSSR count). The minimum Gasteiger partial charge on any atom is -0.480 e. The summed E-state index contributed by atoms with van der Waals surface area (Å²) in [6.45, 7) is 0.992. The fraction of sp³-hybridized carbons (Fsp3) is 0.276. The predicted molar refractivity (Wildman–Crippen MR) is 139 cm³/mol. The minimum absolute atomic E-state index is 0.0435. The molecule has 0 heterocycles. The molecule has 1 unspecified atom stereocenters. The van der Waals surface area contributed by atoms with Crippen molar-refractivity contribution >= 4 is 18.0 Å². The Bertz CT molecular complexity index is 1240. The standard InChI is InChI=1S/C29H30N2O7/c1-18(37-16-19-9-3-2-4-10-19)26(27(33)30-25(15-32)28(34)35)31-29(36)38-17-24-22-13-7-5-11-20(22)21-12-6-8-14-23(21)24/h2-14,18,24-26,32H,15-17H2,1H3,(H,30,33)(H,31,36)(H,34,35)/t18-,25?,26+/m0/s1. The molecule has 38 heavy (non-hydrogen) atoms. The summed E-state index contributed by atoms with van der Waals surface area (Å²) < 4.78 is 11.4.